The van der Waals surface area contributed by atoms with E-state index in [0.717, 1.165) is 47.4 Å². The molecule has 0 spiro atoms. The van der Waals surface area contributed by atoms with Crippen LogP contribution < -0.4 is 5.32 Å². The number of nitrogens with zero attached hydrogens (tertiary/aromatic N) is 2. The van der Waals surface area contributed by atoms with E-state index in [-0.39, 0.29) is 11.9 Å². The van der Waals surface area contributed by atoms with Gasteiger partial charge < -0.3 is 10.2 Å². The maximum Gasteiger partial charge on any atom is 0.253 e. The molecule has 0 unspecified atom stereocenters. The Kier molecular flexibility index (Phi) is 5.31. The summed E-state index contributed by atoms with van der Waals surface area (Å²) < 4.78 is 1.02. The molecule has 0 bridgehead atoms. The Morgan fingerprint density at radius 1 is 1.25 bits per heavy atom. The van der Waals surface area contributed by atoms with Crippen molar-refractivity contribution >= 4 is 21.8 Å². The van der Waals surface area contributed by atoms with Gasteiger partial charge in [0.05, 0.1) is 17.0 Å². The van der Waals surface area contributed by atoms with Crippen LogP contribution in [0, 0.1) is 6.92 Å². The lowest BCUT2D eigenvalue weighted by Crippen LogP contribution is -2.43. The predicted octanol–water partition coefficient (Wildman–Crippen LogP) is 3.64. The summed E-state index contributed by atoms with van der Waals surface area (Å²) in [7, 11) is 2.12. The van der Waals surface area contributed by atoms with E-state index >= 15 is 0 Å². The molecule has 2 aromatic rings. The van der Waals surface area contributed by atoms with E-state index in [4.69, 9.17) is 0 Å². The number of aryl methyl sites for hydroxylation is 1. The fourth-order valence-corrected chi connectivity index (χ4v) is 3.42. The van der Waals surface area contributed by atoms with Crippen LogP contribution in [0.5, 0.6) is 0 Å². The Hall–Kier alpha value is -1.72. The van der Waals surface area contributed by atoms with E-state index in [9.17, 15) is 4.79 Å². The van der Waals surface area contributed by atoms with Crippen molar-refractivity contribution in [2.24, 2.45) is 0 Å². The molecule has 4 nitrogen and oxygen atoms in total. The van der Waals surface area contributed by atoms with Crippen LogP contribution in [0.2, 0.25) is 0 Å². The number of likely N-dealkylation sites (tertiary alicyclic amines) is 1. The molecule has 0 saturated carbocycles. The highest BCUT2D eigenvalue weighted by Crippen LogP contribution is 2.22. The molecule has 1 saturated heterocycles. The van der Waals surface area contributed by atoms with E-state index < -0.39 is 0 Å². The molecule has 126 valence electrons. The van der Waals surface area contributed by atoms with Gasteiger partial charge in [-0.05, 0) is 64.2 Å². The second kappa shape index (κ2) is 7.45. The van der Waals surface area contributed by atoms with Crippen molar-refractivity contribution in [1.82, 2.24) is 15.2 Å². The van der Waals surface area contributed by atoms with Crippen molar-refractivity contribution in [2.75, 3.05) is 20.1 Å². The normalized spacial score (nSPS) is 16.1. The summed E-state index contributed by atoms with van der Waals surface area (Å²) in [6, 6.07) is 12.1. The Morgan fingerprint density at radius 2 is 2.00 bits per heavy atom. The minimum absolute atomic E-state index is 0.0182. The summed E-state index contributed by atoms with van der Waals surface area (Å²) in [5, 5.41) is 3.15. The molecule has 1 amide bonds. The Bertz CT molecular complexity index is 739. The first-order valence-electron chi connectivity index (χ1n) is 8.26. The summed E-state index contributed by atoms with van der Waals surface area (Å²) >= 11 is 3.48. The van der Waals surface area contributed by atoms with Gasteiger partial charge in [-0.1, -0.05) is 28.1 Å². The molecule has 1 N–H and O–H groups in total. The van der Waals surface area contributed by atoms with E-state index in [1.54, 1.807) is 0 Å². The maximum absolute atomic E-state index is 12.5. The number of carbonyl (C=O) groups is 1. The quantitative estimate of drug-likeness (QED) is 0.873. The van der Waals surface area contributed by atoms with Gasteiger partial charge in [-0.3, -0.25) is 9.78 Å². The molecule has 1 aromatic carbocycles. The molecule has 2 heterocycles. The highest BCUT2D eigenvalue weighted by atomic mass is 79.9. The lowest BCUT2D eigenvalue weighted by molar-refractivity contribution is 0.0916. The number of pyridine rings is 1. The van der Waals surface area contributed by atoms with Crippen molar-refractivity contribution in [2.45, 2.75) is 25.8 Å². The standard InChI is InChI=1S/C19H22BrN3O/c1-13-17(19(24)22-16-8-10-23(2)11-9-16)6-7-18(21-13)14-4-3-5-15(20)12-14/h3-7,12,16H,8-11H2,1-2H3,(H,22,24). The third kappa shape index (κ3) is 4.02. The van der Waals surface area contributed by atoms with Crippen LogP contribution in [0.15, 0.2) is 40.9 Å². The summed E-state index contributed by atoms with van der Waals surface area (Å²) in [4.78, 5) is 19.5. The first kappa shape index (κ1) is 17.1. The number of aromatic nitrogens is 1. The average Bonchev–Trinajstić information content (AvgIpc) is 2.56. The van der Waals surface area contributed by atoms with Crippen LogP contribution in [0.25, 0.3) is 11.3 Å². The van der Waals surface area contributed by atoms with Crippen LogP contribution in [0.4, 0.5) is 0 Å². The lowest BCUT2D eigenvalue weighted by atomic mass is 10.0. The first-order chi connectivity index (χ1) is 11.5. The summed E-state index contributed by atoms with van der Waals surface area (Å²) in [6.07, 6.45) is 2.01. The predicted molar refractivity (Wildman–Crippen MR) is 100 cm³/mol. The summed E-state index contributed by atoms with van der Waals surface area (Å²) in [6.45, 7) is 3.96. The van der Waals surface area contributed by atoms with Crippen LogP contribution in [-0.4, -0.2) is 42.0 Å². The average molecular weight is 388 g/mol. The molecule has 0 radical (unpaired) electrons. The minimum Gasteiger partial charge on any atom is -0.349 e. The topological polar surface area (TPSA) is 45.2 Å². The van der Waals surface area contributed by atoms with Gasteiger partial charge in [0.15, 0.2) is 0 Å². The zero-order valence-corrected chi connectivity index (χ0v) is 15.6. The van der Waals surface area contributed by atoms with Gasteiger partial charge in [0.25, 0.3) is 5.91 Å². The van der Waals surface area contributed by atoms with Gasteiger partial charge in [0.1, 0.15) is 0 Å². The van der Waals surface area contributed by atoms with Crippen molar-refractivity contribution in [1.29, 1.82) is 0 Å². The molecule has 0 aliphatic carbocycles. The number of benzene rings is 1. The fourth-order valence-electron chi connectivity index (χ4n) is 3.03. The molecule has 1 aliphatic rings. The van der Waals surface area contributed by atoms with Crippen LogP contribution >= 0.6 is 15.9 Å². The summed E-state index contributed by atoms with van der Waals surface area (Å²) in [5.41, 5.74) is 3.34. The Morgan fingerprint density at radius 3 is 2.67 bits per heavy atom. The molecule has 1 aliphatic heterocycles. The van der Waals surface area contributed by atoms with Crippen LogP contribution in [0.1, 0.15) is 28.9 Å². The molecule has 0 atom stereocenters. The van der Waals surface area contributed by atoms with Gasteiger partial charge in [-0.2, -0.15) is 0 Å². The molecular formula is C19H22BrN3O. The zero-order chi connectivity index (χ0) is 17.1. The molecule has 3 rings (SSSR count). The van der Waals surface area contributed by atoms with Crippen molar-refractivity contribution in [3.05, 3.63) is 52.1 Å². The van der Waals surface area contributed by atoms with E-state index in [0.29, 0.717) is 5.56 Å². The number of hydrogen-bond donors (Lipinski definition) is 1. The summed E-state index contributed by atoms with van der Waals surface area (Å²) in [5.74, 6) is -0.0182. The molecule has 5 heteroatoms. The van der Waals surface area contributed by atoms with Gasteiger partial charge in [-0.15, -0.1) is 0 Å². The number of amides is 1. The smallest absolute Gasteiger partial charge is 0.253 e. The fraction of sp³-hybridized carbons (Fsp3) is 0.368. The van der Waals surface area contributed by atoms with Gasteiger partial charge in [-0.25, -0.2) is 0 Å². The van der Waals surface area contributed by atoms with Crippen LogP contribution in [-0.2, 0) is 0 Å². The van der Waals surface area contributed by atoms with Crippen LogP contribution in [0.3, 0.4) is 0 Å². The third-order valence-electron chi connectivity index (χ3n) is 4.50. The van der Waals surface area contributed by atoms with E-state index in [2.05, 4.69) is 38.2 Å². The lowest BCUT2D eigenvalue weighted by Gasteiger charge is -2.29. The SMILES string of the molecule is Cc1nc(-c2cccc(Br)c2)ccc1C(=O)NC1CCN(C)CC1. The first-order valence-corrected chi connectivity index (χ1v) is 9.05. The number of rotatable bonds is 3. The number of carbonyl (C=O) groups excluding carboxylic acids is 1. The maximum atomic E-state index is 12.5. The monoisotopic (exact) mass is 387 g/mol. The molecular weight excluding hydrogens is 366 g/mol. The number of piperidine rings is 1. The third-order valence-corrected chi connectivity index (χ3v) is 5.00. The Balaban J connectivity index is 1.73. The van der Waals surface area contributed by atoms with Crippen molar-refractivity contribution in [3.63, 3.8) is 0 Å². The van der Waals surface area contributed by atoms with E-state index in [1.807, 2.05) is 43.3 Å². The van der Waals surface area contributed by atoms with Crippen molar-refractivity contribution in [3.8, 4) is 11.3 Å². The second-order valence-corrected chi connectivity index (χ2v) is 7.31. The zero-order valence-electron chi connectivity index (χ0n) is 14.1. The van der Waals surface area contributed by atoms with Gasteiger partial charge in [0.2, 0.25) is 0 Å². The van der Waals surface area contributed by atoms with Gasteiger partial charge >= 0.3 is 0 Å². The highest BCUT2D eigenvalue weighted by molar-refractivity contribution is 9.10. The molecule has 1 aromatic heterocycles. The number of hydrogen-bond acceptors (Lipinski definition) is 3. The largest absolute Gasteiger partial charge is 0.349 e. The second-order valence-electron chi connectivity index (χ2n) is 6.39. The van der Waals surface area contributed by atoms with Crippen molar-refractivity contribution < 1.29 is 4.79 Å². The molecule has 24 heavy (non-hydrogen) atoms. The Labute approximate surface area is 151 Å². The number of nitrogens with one attached hydrogen (secondary N) is 1. The minimum atomic E-state index is -0.0182. The van der Waals surface area contributed by atoms with Gasteiger partial charge in [0, 0.05) is 16.1 Å². The highest BCUT2D eigenvalue weighted by Gasteiger charge is 2.20. The molecule has 1 fully saturated rings. The van der Waals surface area contributed by atoms with E-state index in [1.165, 1.54) is 0 Å². The number of halogens is 1.